The van der Waals surface area contributed by atoms with E-state index in [1.165, 1.54) is 27.6 Å². The van der Waals surface area contributed by atoms with Crippen LogP contribution in [0.2, 0.25) is 0 Å². The van der Waals surface area contributed by atoms with Crippen LogP contribution < -0.4 is 9.47 Å². The van der Waals surface area contributed by atoms with Gasteiger partial charge in [-0.15, -0.1) is 0 Å². The molecule has 0 saturated carbocycles. The van der Waals surface area contributed by atoms with E-state index in [0.29, 0.717) is 33.0 Å². The molecule has 0 radical (unpaired) electrons. The zero-order chi connectivity index (χ0) is 30.1. The minimum atomic E-state index is -0.804. The van der Waals surface area contributed by atoms with E-state index in [1.54, 1.807) is 0 Å². The van der Waals surface area contributed by atoms with Gasteiger partial charge in [-0.1, -0.05) is 111 Å². The van der Waals surface area contributed by atoms with Crippen LogP contribution >= 0.6 is 0 Å². The second-order valence-corrected chi connectivity index (χ2v) is 11.9. The summed E-state index contributed by atoms with van der Waals surface area (Å²) in [6, 6.07) is 36.3. The van der Waals surface area contributed by atoms with Gasteiger partial charge < -0.3 is 18.9 Å². The molecule has 1 aliphatic heterocycles. The molecule has 1 heterocycles. The van der Waals surface area contributed by atoms with Crippen LogP contribution in [0.5, 0.6) is 11.5 Å². The minimum absolute atomic E-state index is 0.161. The summed E-state index contributed by atoms with van der Waals surface area (Å²) in [5.74, 6) is 1.73. The molecule has 5 aromatic rings. The minimum Gasteiger partial charge on any atom is -0.491 e. The Bertz CT molecular complexity index is 1820. The van der Waals surface area contributed by atoms with Gasteiger partial charge in [0, 0.05) is 34.1 Å². The lowest BCUT2D eigenvalue weighted by Gasteiger charge is -2.38. The number of hydrogen-bond acceptors (Lipinski definition) is 4. The topological polar surface area (TPSA) is 36.9 Å². The van der Waals surface area contributed by atoms with Crippen molar-refractivity contribution in [3.8, 4) is 22.6 Å². The smallest absolute Gasteiger partial charge is 0.178 e. The van der Waals surface area contributed by atoms with E-state index in [4.69, 9.17) is 18.9 Å². The van der Waals surface area contributed by atoms with Gasteiger partial charge in [0.25, 0.3) is 0 Å². The highest BCUT2D eigenvalue weighted by molar-refractivity contribution is 6.08. The van der Waals surface area contributed by atoms with Crippen LogP contribution in [0.15, 0.2) is 109 Å². The zero-order valence-corrected chi connectivity index (χ0v) is 25.6. The molecule has 0 amide bonds. The largest absolute Gasteiger partial charge is 0.491 e. The molecule has 44 heavy (non-hydrogen) atoms. The van der Waals surface area contributed by atoms with Gasteiger partial charge in [-0.25, -0.2) is 0 Å². The Morgan fingerprint density at radius 1 is 0.659 bits per heavy atom. The SMILES string of the molecule is CCOCCOCCOc1ccc(C2(c3ccccc3)C=Cc3c4c(c5ccccc5c3O2)-c2ccccc2C4(C)C)cc1. The number of rotatable bonds is 10. The molecule has 4 heteroatoms. The Morgan fingerprint density at radius 3 is 2.11 bits per heavy atom. The van der Waals surface area contributed by atoms with Gasteiger partial charge in [0.1, 0.15) is 18.1 Å². The summed E-state index contributed by atoms with van der Waals surface area (Å²) in [5.41, 5.74) is 7.64. The lowest BCUT2D eigenvalue weighted by molar-refractivity contribution is 0.0405. The van der Waals surface area contributed by atoms with Crippen LogP contribution in [0.25, 0.3) is 28.0 Å². The second-order valence-electron chi connectivity index (χ2n) is 11.9. The highest BCUT2D eigenvalue weighted by Gasteiger charge is 2.44. The summed E-state index contributed by atoms with van der Waals surface area (Å²) >= 11 is 0. The van der Waals surface area contributed by atoms with Gasteiger partial charge in [-0.2, -0.15) is 0 Å². The third-order valence-corrected chi connectivity index (χ3v) is 9.01. The fourth-order valence-electron chi connectivity index (χ4n) is 6.95. The quantitative estimate of drug-likeness (QED) is 0.154. The van der Waals surface area contributed by atoms with E-state index in [1.807, 2.05) is 25.1 Å². The maximum atomic E-state index is 7.35. The lowest BCUT2D eigenvalue weighted by Crippen LogP contribution is -2.35. The third-order valence-electron chi connectivity index (χ3n) is 9.01. The van der Waals surface area contributed by atoms with Crippen LogP contribution in [-0.4, -0.2) is 33.0 Å². The van der Waals surface area contributed by atoms with Crippen molar-refractivity contribution in [1.82, 2.24) is 0 Å². The first-order valence-corrected chi connectivity index (χ1v) is 15.6. The highest BCUT2D eigenvalue weighted by Crippen LogP contribution is 2.57. The Hall–Kier alpha value is -4.38. The number of fused-ring (bicyclic) bond motifs is 8. The summed E-state index contributed by atoms with van der Waals surface area (Å²) < 4.78 is 24.3. The van der Waals surface area contributed by atoms with Crippen LogP contribution in [0.4, 0.5) is 0 Å². The van der Waals surface area contributed by atoms with Crippen LogP contribution in [-0.2, 0) is 20.5 Å². The van der Waals surface area contributed by atoms with Crippen molar-refractivity contribution in [3.63, 3.8) is 0 Å². The van der Waals surface area contributed by atoms with Crippen molar-refractivity contribution >= 4 is 16.8 Å². The summed E-state index contributed by atoms with van der Waals surface area (Å²) in [4.78, 5) is 0. The van der Waals surface area contributed by atoms with Crippen LogP contribution in [0.3, 0.4) is 0 Å². The fraction of sp³-hybridized carbons (Fsp3) is 0.250. The molecule has 0 spiro atoms. The zero-order valence-electron chi connectivity index (χ0n) is 25.6. The molecule has 2 aliphatic rings. The number of benzene rings is 5. The monoisotopic (exact) mass is 582 g/mol. The third kappa shape index (κ3) is 4.70. The van der Waals surface area contributed by atoms with Gasteiger partial charge in [0.15, 0.2) is 5.60 Å². The average molecular weight is 583 g/mol. The summed E-state index contributed by atoms with van der Waals surface area (Å²) in [5, 5.41) is 2.35. The first-order valence-electron chi connectivity index (χ1n) is 15.6. The molecule has 222 valence electrons. The maximum Gasteiger partial charge on any atom is 0.178 e. The second kappa shape index (κ2) is 11.6. The van der Waals surface area contributed by atoms with E-state index in [9.17, 15) is 0 Å². The van der Waals surface area contributed by atoms with E-state index in [2.05, 4.69) is 111 Å². The van der Waals surface area contributed by atoms with Crippen molar-refractivity contribution in [2.45, 2.75) is 31.8 Å². The first-order chi connectivity index (χ1) is 21.5. The van der Waals surface area contributed by atoms with Gasteiger partial charge in [0.05, 0.1) is 19.8 Å². The molecule has 0 bridgehead atoms. The molecule has 7 rings (SSSR count). The van der Waals surface area contributed by atoms with E-state index >= 15 is 0 Å². The van der Waals surface area contributed by atoms with Gasteiger partial charge in [-0.3, -0.25) is 0 Å². The summed E-state index contributed by atoms with van der Waals surface area (Å²) in [6.45, 7) is 9.53. The molecule has 1 aliphatic carbocycles. The molecule has 5 aromatic carbocycles. The molecular weight excluding hydrogens is 544 g/mol. The van der Waals surface area contributed by atoms with Crippen molar-refractivity contribution in [2.75, 3.05) is 33.0 Å². The first kappa shape index (κ1) is 28.4. The van der Waals surface area contributed by atoms with E-state index in [-0.39, 0.29) is 5.41 Å². The summed E-state index contributed by atoms with van der Waals surface area (Å²) in [6.07, 6.45) is 4.54. The summed E-state index contributed by atoms with van der Waals surface area (Å²) in [7, 11) is 0. The normalized spacial score (nSPS) is 17.5. The van der Waals surface area contributed by atoms with Crippen molar-refractivity contribution < 1.29 is 18.9 Å². The van der Waals surface area contributed by atoms with Gasteiger partial charge in [0.2, 0.25) is 0 Å². The Kier molecular flexibility index (Phi) is 7.49. The molecule has 0 aromatic heterocycles. The average Bonchev–Trinajstić information content (AvgIpc) is 3.32. The van der Waals surface area contributed by atoms with Crippen LogP contribution in [0.1, 0.15) is 48.6 Å². The van der Waals surface area contributed by atoms with Crippen LogP contribution in [0, 0.1) is 0 Å². The van der Waals surface area contributed by atoms with Crippen molar-refractivity contribution in [3.05, 3.63) is 137 Å². The number of ether oxygens (including phenoxy) is 4. The highest BCUT2D eigenvalue weighted by atomic mass is 16.5. The maximum absolute atomic E-state index is 7.35. The van der Waals surface area contributed by atoms with Gasteiger partial charge in [-0.05, 0) is 52.8 Å². The molecule has 1 unspecified atom stereocenters. The van der Waals surface area contributed by atoms with Gasteiger partial charge >= 0.3 is 0 Å². The molecular formula is C40H38O4. The predicted octanol–water partition coefficient (Wildman–Crippen LogP) is 8.93. The molecule has 4 nitrogen and oxygen atoms in total. The van der Waals surface area contributed by atoms with E-state index in [0.717, 1.165) is 33.6 Å². The fourth-order valence-corrected chi connectivity index (χ4v) is 6.95. The predicted molar refractivity (Wildman–Crippen MR) is 178 cm³/mol. The molecule has 0 fully saturated rings. The molecule has 1 atom stereocenters. The Labute approximate surface area is 259 Å². The molecule has 0 saturated heterocycles. The van der Waals surface area contributed by atoms with Crippen molar-refractivity contribution in [1.29, 1.82) is 0 Å². The Morgan fingerprint density at radius 2 is 1.32 bits per heavy atom. The Balaban J connectivity index is 1.29. The van der Waals surface area contributed by atoms with E-state index < -0.39 is 5.60 Å². The molecule has 0 N–H and O–H groups in total. The van der Waals surface area contributed by atoms with Crippen molar-refractivity contribution in [2.24, 2.45) is 0 Å². The lowest BCUT2D eigenvalue weighted by atomic mass is 9.77. The standard InChI is InChI=1S/C40H38O4/c1-4-41-24-25-42-26-27-43-30-20-18-29(19-21-30)40(28-12-6-5-7-13-28)23-22-34-37-36(31-14-8-9-15-32(31)38(34)44-40)33-16-10-11-17-35(33)39(37,2)3/h5-23H,4,24-27H2,1-3H3. The number of hydrogen-bond donors (Lipinski definition) is 0.